The Hall–Kier alpha value is -0.120. The predicted octanol–water partition coefficient (Wildman–Crippen LogP) is 2.64. The summed E-state index contributed by atoms with van der Waals surface area (Å²) in [6.07, 6.45) is 6.48. The second-order valence-electron chi connectivity index (χ2n) is 5.52. The van der Waals surface area contributed by atoms with E-state index in [0.29, 0.717) is 12.1 Å². The van der Waals surface area contributed by atoms with Crippen LogP contribution in [0.4, 0.5) is 0 Å². The van der Waals surface area contributed by atoms with Crippen molar-refractivity contribution in [2.75, 3.05) is 26.3 Å². The van der Waals surface area contributed by atoms with Gasteiger partial charge in [-0.15, -0.1) is 0 Å². The van der Waals surface area contributed by atoms with Crippen LogP contribution in [-0.2, 0) is 4.74 Å². The largest absolute Gasteiger partial charge is 0.380 e. The molecule has 0 bridgehead atoms. The van der Waals surface area contributed by atoms with Crippen LogP contribution >= 0.6 is 0 Å². The fraction of sp³-hybridized carbons (Fsp3) is 1.00. The molecule has 1 saturated carbocycles. The van der Waals surface area contributed by atoms with E-state index in [4.69, 9.17) is 10.5 Å². The van der Waals surface area contributed by atoms with Gasteiger partial charge in [-0.3, -0.25) is 4.90 Å². The van der Waals surface area contributed by atoms with Crippen molar-refractivity contribution in [3.05, 3.63) is 0 Å². The van der Waals surface area contributed by atoms with E-state index in [9.17, 15) is 0 Å². The lowest BCUT2D eigenvalue weighted by Gasteiger charge is -2.41. The first-order chi connectivity index (χ1) is 8.72. The highest BCUT2D eigenvalue weighted by Gasteiger charge is 2.31. The Bertz CT molecular complexity index is 211. The van der Waals surface area contributed by atoms with Gasteiger partial charge in [0.1, 0.15) is 0 Å². The maximum absolute atomic E-state index is 6.34. The monoisotopic (exact) mass is 256 g/mol. The summed E-state index contributed by atoms with van der Waals surface area (Å²) in [7, 11) is 0. The number of ether oxygens (including phenoxy) is 1. The van der Waals surface area contributed by atoms with E-state index in [0.717, 1.165) is 32.2 Å². The van der Waals surface area contributed by atoms with Crippen molar-refractivity contribution in [2.45, 2.75) is 65.0 Å². The first kappa shape index (κ1) is 15.9. The number of nitrogens with zero attached hydrogens (tertiary/aromatic N) is 1. The summed E-state index contributed by atoms with van der Waals surface area (Å²) >= 11 is 0. The van der Waals surface area contributed by atoms with Gasteiger partial charge in [-0.05, 0) is 38.6 Å². The molecule has 0 aromatic heterocycles. The van der Waals surface area contributed by atoms with Crippen molar-refractivity contribution >= 4 is 0 Å². The Balaban J connectivity index is 2.47. The van der Waals surface area contributed by atoms with Gasteiger partial charge >= 0.3 is 0 Å². The van der Waals surface area contributed by atoms with Crippen molar-refractivity contribution in [1.82, 2.24) is 4.90 Å². The maximum atomic E-state index is 6.34. The van der Waals surface area contributed by atoms with E-state index >= 15 is 0 Å². The Morgan fingerprint density at radius 2 is 2.00 bits per heavy atom. The zero-order chi connectivity index (χ0) is 13.4. The molecule has 0 aromatic carbocycles. The highest BCUT2D eigenvalue weighted by molar-refractivity contribution is 4.89. The molecule has 0 heterocycles. The average Bonchev–Trinajstić information content (AvgIpc) is 2.38. The molecule has 1 rings (SSSR count). The number of nitrogens with two attached hydrogens (primary N) is 1. The molecule has 1 aliphatic rings. The molecule has 0 radical (unpaired) electrons. The lowest BCUT2D eigenvalue weighted by molar-refractivity contribution is 0.0665. The van der Waals surface area contributed by atoms with Gasteiger partial charge in [0.25, 0.3) is 0 Å². The molecule has 3 atom stereocenters. The molecule has 0 aliphatic heterocycles. The van der Waals surface area contributed by atoms with E-state index in [1.54, 1.807) is 0 Å². The van der Waals surface area contributed by atoms with Gasteiger partial charge in [0.05, 0.1) is 6.61 Å². The van der Waals surface area contributed by atoms with Crippen LogP contribution < -0.4 is 5.73 Å². The third-order valence-corrected chi connectivity index (χ3v) is 4.28. The summed E-state index contributed by atoms with van der Waals surface area (Å²) in [4.78, 5) is 2.53. The minimum Gasteiger partial charge on any atom is -0.380 e. The molecule has 2 N–H and O–H groups in total. The number of hydrogen-bond acceptors (Lipinski definition) is 3. The van der Waals surface area contributed by atoms with E-state index in [1.807, 2.05) is 0 Å². The van der Waals surface area contributed by atoms with E-state index in [1.165, 1.54) is 32.1 Å². The van der Waals surface area contributed by atoms with E-state index in [2.05, 4.69) is 25.7 Å². The van der Waals surface area contributed by atoms with Crippen molar-refractivity contribution in [2.24, 2.45) is 11.7 Å². The van der Waals surface area contributed by atoms with Gasteiger partial charge < -0.3 is 10.5 Å². The molecule has 18 heavy (non-hydrogen) atoms. The quantitative estimate of drug-likeness (QED) is 0.679. The third kappa shape index (κ3) is 4.87. The molecule has 3 nitrogen and oxygen atoms in total. The van der Waals surface area contributed by atoms with Gasteiger partial charge in [0.2, 0.25) is 0 Å². The van der Waals surface area contributed by atoms with Gasteiger partial charge in [0, 0.05) is 25.2 Å². The minimum absolute atomic E-state index is 0.361. The molecule has 1 fully saturated rings. The summed E-state index contributed by atoms with van der Waals surface area (Å²) in [5, 5.41) is 0. The Kier molecular flexibility index (Phi) is 7.87. The highest BCUT2D eigenvalue weighted by Crippen LogP contribution is 2.30. The summed E-state index contributed by atoms with van der Waals surface area (Å²) in [6, 6.07) is 0.931. The Morgan fingerprint density at radius 1 is 1.22 bits per heavy atom. The van der Waals surface area contributed by atoms with E-state index < -0.39 is 0 Å². The standard InChI is InChI=1S/C15H32N2O/c1-4-7-13-8-9-14(16)15(12-13)17(5-2)10-11-18-6-3/h13-15H,4-12,16H2,1-3H3. The normalized spacial score (nSPS) is 28.8. The van der Waals surface area contributed by atoms with E-state index in [-0.39, 0.29) is 0 Å². The molecule has 108 valence electrons. The Labute approximate surface area is 113 Å². The van der Waals surface area contributed by atoms with Crippen LogP contribution in [0.15, 0.2) is 0 Å². The average molecular weight is 256 g/mol. The molecular formula is C15H32N2O. The predicted molar refractivity (Wildman–Crippen MR) is 77.8 cm³/mol. The van der Waals surface area contributed by atoms with Crippen LogP contribution in [-0.4, -0.2) is 43.3 Å². The minimum atomic E-state index is 0.361. The second kappa shape index (κ2) is 8.89. The first-order valence-electron chi connectivity index (χ1n) is 7.80. The molecule has 0 spiro atoms. The number of rotatable bonds is 8. The maximum Gasteiger partial charge on any atom is 0.0593 e. The van der Waals surface area contributed by atoms with Gasteiger partial charge in [0.15, 0.2) is 0 Å². The van der Waals surface area contributed by atoms with Crippen molar-refractivity contribution < 1.29 is 4.74 Å². The Morgan fingerprint density at radius 3 is 2.61 bits per heavy atom. The van der Waals surface area contributed by atoms with Crippen LogP contribution in [0.3, 0.4) is 0 Å². The highest BCUT2D eigenvalue weighted by atomic mass is 16.5. The fourth-order valence-corrected chi connectivity index (χ4v) is 3.23. The molecule has 3 heteroatoms. The zero-order valence-electron chi connectivity index (χ0n) is 12.5. The molecule has 0 saturated heterocycles. The number of likely N-dealkylation sites (N-methyl/N-ethyl adjacent to an activating group) is 1. The summed E-state index contributed by atoms with van der Waals surface area (Å²) in [6.45, 7) is 10.4. The second-order valence-corrected chi connectivity index (χ2v) is 5.52. The molecule has 3 unspecified atom stereocenters. The first-order valence-corrected chi connectivity index (χ1v) is 7.80. The fourth-order valence-electron chi connectivity index (χ4n) is 3.23. The summed E-state index contributed by atoms with van der Waals surface area (Å²) < 4.78 is 5.48. The van der Waals surface area contributed by atoms with Crippen LogP contribution in [0.5, 0.6) is 0 Å². The zero-order valence-corrected chi connectivity index (χ0v) is 12.5. The lowest BCUT2D eigenvalue weighted by Crippen LogP contribution is -2.52. The van der Waals surface area contributed by atoms with Crippen LogP contribution in [0.1, 0.15) is 52.9 Å². The van der Waals surface area contributed by atoms with Gasteiger partial charge in [-0.25, -0.2) is 0 Å². The molecule has 0 aromatic rings. The van der Waals surface area contributed by atoms with Crippen LogP contribution in [0, 0.1) is 5.92 Å². The van der Waals surface area contributed by atoms with Gasteiger partial charge in [-0.1, -0.05) is 26.7 Å². The molecule has 0 amide bonds. The smallest absolute Gasteiger partial charge is 0.0593 e. The van der Waals surface area contributed by atoms with Crippen molar-refractivity contribution in [3.63, 3.8) is 0 Å². The molecule has 1 aliphatic carbocycles. The van der Waals surface area contributed by atoms with Gasteiger partial charge in [-0.2, -0.15) is 0 Å². The van der Waals surface area contributed by atoms with Crippen LogP contribution in [0.2, 0.25) is 0 Å². The summed E-state index contributed by atoms with van der Waals surface area (Å²) in [5.74, 6) is 0.890. The van der Waals surface area contributed by atoms with Crippen molar-refractivity contribution in [3.8, 4) is 0 Å². The topological polar surface area (TPSA) is 38.5 Å². The lowest BCUT2D eigenvalue weighted by atomic mass is 9.80. The molecular weight excluding hydrogens is 224 g/mol. The van der Waals surface area contributed by atoms with Crippen LogP contribution in [0.25, 0.3) is 0 Å². The summed E-state index contributed by atoms with van der Waals surface area (Å²) in [5.41, 5.74) is 6.34. The SMILES string of the molecule is CCCC1CCC(N)C(N(CC)CCOCC)C1. The third-order valence-electron chi connectivity index (χ3n) is 4.28. The number of hydrogen-bond donors (Lipinski definition) is 1. The van der Waals surface area contributed by atoms with Crippen molar-refractivity contribution in [1.29, 1.82) is 0 Å².